The van der Waals surface area contributed by atoms with Crippen molar-refractivity contribution in [1.29, 1.82) is 0 Å². The maximum absolute atomic E-state index is 12.0. The molecule has 0 saturated heterocycles. The van der Waals surface area contributed by atoms with E-state index in [0.717, 1.165) is 0 Å². The summed E-state index contributed by atoms with van der Waals surface area (Å²) in [5, 5.41) is 9.55. The third-order valence-electron chi connectivity index (χ3n) is 2.32. The average Bonchev–Trinajstić information content (AvgIpc) is 2.30. The number of carbonyl (C=O) groups excluding carboxylic acids is 1. The van der Waals surface area contributed by atoms with Crippen LogP contribution in [0.2, 0.25) is 0 Å². The Bertz CT molecular complexity index is 518. The Morgan fingerprint density at radius 1 is 1.00 bits per heavy atom. The van der Waals surface area contributed by atoms with Crippen molar-refractivity contribution >= 4 is 11.5 Å². The summed E-state index contributed by atoms with van der Waals surface area (Å²) in [5.41, 5.74) is 6.95. The summed E-state index contributed by atoms with van der Waals surface area (Å²) in [6.07, 6.45) is 0. The van der Waals surface area contributed by atoms with Crippen molar-refractivity contribution in [3.63, 3.8) is 0 Å². The van der Waals surface area contributed by atoms with E-state index in [1.165, 1.54) is 6.07 Å². The Hall–Kier alpha value is -2.29. The molecule has 0 amide bonds. The number of anilines is 1. The first-order chi connectivity index (χ1) is 7.68. The minimum absolute atomic E-state index is 0.00988. The molecule has 80 valence electrons. The lowest BCUT2D eigenvalue weighted by atomic mass is 10.0. The van der Waals surface area contributed by atoms with E-state index in [1.54, 1.807) is 42.5 Å². The second kappa shape index (κ2) is 4.06. The first-order valence-electron chi connectivity index (χ1n) is 4.87. The van der Waals surface area contributed by atoms with Crippen molar-refractivity contribution < 1.29 is 9.90 Å². The highest BCUT2D eigenvalue weighted by molar-refractivity contribution is 6.10. The summed E-state index contributed by atoms with van der Waals surface area (Å²) < 4.78 is 0. The van der Waals surface area contributed by atoms with Crippen LogP contribution in [0.3, 0.4) is 0 Å². The van der Waals surface area contributed by atoms with Crippen LogP contribution in [-0.4, -0.2) is 10.9 Å². The van der Waals surface area contributed by atoms with Crippen LogP contribution < -0.4 is 5.73 Å². The van der Waals surface area contributed by atoms with Gasteiger partial charge in [0.05, 0.1) is 5.56 Å². The van der Waals surface area contributed by atoms with E-state index in [9.17, 15) is 9.90 Å². The SMILES string of the molecule is Nc1ccc(C(=O)c2ccccc2O)cc1. The molecule has 0 aliphatic heterocycles. The number of phenols is 1. The van der Waals surface area contributed by atoms with E-state index in [2.05, 4.69) is 0 Å². The molecule has 0 bridgehead atoms. The van der Waals surface area contributed by atoms with Gasteiger partial charge in [-0.25, -0.2) is 0 Å². The molecular formula is C13H11NO2. The molecule has 0 saturated carbocycles. The third-order valence-corrected chi connectivity index (χ3v) is 2.32. The zero-order valence-corrected chi connectivity index (χ0v) is 8.55. The number of nitrogen functional groups attached to an aromatic ring is 1. The van der Waals surface area contributed by atoms with Gasteiger partial charge in [-0.05, 0) is 36.4 Å². The summed E-state index contributed by atoms with van der Waals surface area (Å²) in [5.74, 6) is -0.220. The molecule has 0 aromatic heterocycles. The van der Waals surface area contributed by atoms with Crippen molar-refractivity contribution in [2.24, 2.45) is 0 Å². The molecule has 0 radical (unpaired) electrons. The van der Waals surface area contributed by atoms with E-state index >= 15 is 0 Å². The Morgan fingerprint density at radius 2 is 1.62 bits per heavy atom. The molecule has 0 unspecified atom stereocenters. The van der Waals surface area contributed by atoms with Gasteiger partial charge < -0.3 is 10.8 Å². The molecule has 3 nitrogen and oxygen atoms in total. The highest BCUT2D eigenvalue weighted by Gasteiger charge is 2.12. The Balaban J connectivity index is 2.40. The van der Waals surface area contributed by atoms with Crippen LogP contribution in [0.15, 0.2) is 48.5 Å². The molecule has 3 heteroatoms. The maximum Gasteiger partial charge on any atom is 0.196 e. The second-order valence-corrected chi connectivity index (χ2v) is 3.47. The van der Waals surface area contributed by atoms with Crippen LogP contribution in [-0.2, 0) is 0 Å². The van der Waals surface area contributed by atoms with Crippen molar-refractivity contribution in [3.05, 3.63) is 59.7 Å². The first-order valence-corrected chi connectivity index (χ1v) is 4.87. The molecule has 0 aliphatic rings. The van der Waals surface area contributed by atoms with Gasteiger partial charge in [-0.1, -0.05) is 12.1 Å². The summed E-state index contributed by atoms with van der Waals surface area (Å²) in [4.78, 5) is 12.0. The van der Waals surface area contributed by atoms with E-state index in [4.69, 9.17) is 5.73 Å². The monoisotopic (exact) mass is 213 g/mol. The molecule has 2 aromatic carbocycles. The number of nitrogens with two attached hydrogens (primary N) is 1. The summed E-state index contributed by atoms with van der Waals surface area (Å²) >= 11 is 0. The third kappa shape index (κ3) is 1.88. The largest absolute Gasteiger partial charge is 0.507 e. The molecule has 2 rings (SSSR count). The molecule has 3 N–H and O–H groups in total. The van der Waals surface area contributed by atoms with Crippen LogP contribution in [0.1, 0.15) is 15.9 Å². The minimum Gasteiger partial charge on any atom is -0.507 e. The van der Waals surface area contributed by atoms with Gasteiger partial charge in [0.25, 0.3) is 0 Å². The van der Waals surface area contributed by atoms with Gasteiger partial charge in [0.15, 0.2) is 5.78 Å². The molecule has 0 atom stereocenters. The van der Waals surface area contributed by atoms with Gasteiger partial charge in [-0.15, -0.1) is 0 Å². The molecule has 16 heavy (non-hydrogen) atoms. The number of hydrogen-bond donors (Lipinski definition) is 2. The van der Waals surface area contributed by atoms with Crippen molar-refractivity contribution in [2.75, 3.05) is 5.73 Å². The van der Waals surface area contributed by atoms with E-state index in [1.807, 2.05) is 0 Å². The van der Waals surface area contributed by atoms with Gasteiger partial charge >= 0.3 is 0 Å². The number of carbonyl (C=O) groups is 1. The fourth-order valence-electron chi connectivity index (χ4n) is 1.46. The standard InChI is InChI=1S/C13H11NO2/c14-10-7-5-9(6-8-10)13(16)11-3-1-2-4-12(11)15/h1-8,15H,14H2. The highest BCUT2D eigenvalue weighted by atomic mass is 16.3. The zero-order valence-electron chi connectivity index (χ0n) is 8.55. The van der Waals surface area contributed by atoms with Crippen molar-refractivity contribution in [1.82, 2.24) is 0 Å². The lowest BCUT2D eigenvalue weighted by Gasteiger charge is -2.03. The number of hydrogen-bond acceptors (Lipinski definition) is 3. The van der Waals surface area contributed by atoms with E-state index < -0.39 is 0 Å². The van der Waals surface area contributed by atoms with Gasteiger partial charge in [0, 0.05) is 11.3 Å². The topological polar surface area (TPSA) is 63.3 Å². The Morgan fingerprint density at radius 3 is 2.25 bits per heavy atom. The molecule has 2 aromatic rings. The molecule has 0 heterocycles. The van der Waals surface area contributed by atoms with Crippen LogP contribution in [0.25, 0.3) is 0 Å². The molecular weight excluding hydrogens is 202 g/mol. The fourth-order valence-corrected chi connectivity index (χ4v) is 1.46. The Labute approximate surface area is 93.1 Å². The van der Waals surface area contributed by atoms with Crippen LogP contribution in [0.5, 0.6) is 5.75 Å². The van der Waals surface area contributed by atoms with E-state index in [0.29, 0.717) is 16.8 Å². The Kier molecular flexibility index (Phi) is 2.60. The smallest absolute Gasteiger partial charge is 0.196 e. The lowest BCUT2D eigenvalue weighted by molar-refractivity contribution is 0.103. The quantitative estimate of drug-likeness (QED) is 0.593. The lowest BCUT2D eigenvalue weighted by Crippen LogP contribution is -2.01. The number of phenolic OH excluding ortho intramolecular Hbond substituents is 1. The number of aromatic hydroxyl groups is 1. The van der Waals surface area contributed by atoms with Crippen LogP contribution in [0.4, 0.5) is 5.69 Å². The maximum atomic E-state index is 12.0. The fraction of sp³-hybridized carbons (Fsp3) is 0. The van der Waals surface area contributed by atoms with Crippen molar-refractivity contribution in [2.45, 2.75) is 0 Å². The van der Waals surface area contributed by atoms with Gasteiger partial charge in [-0.3, -0.25) is 4.79 Å². The zero-order chi connectivity index (χ0) is 11.5. The summed E-state index contributed by atoms with van der Waals surface area (Å²) in [7, 11) is 0. The number of para-hydroxylation sites is 1. The minimum atomic E-state index is -0.210. The van der Waals surface area contributed by atoms with Gasteiger partial charge in [-0.2, -0.15) is 0 Å². The van der Waals surface area contributed by atoms with E-state index in [-0.39, 0.29) is 11.5 Å². The summed E-state index contributed by atoms with van der Waals surface area (Å²) in [6.45, 7) is 0. The predicted molar refractivity (Wildman–Crippen MR) is 62.4 cm³/mol. The van der Waals surface area contributed by atoms with Crippen LogP contribution in [0, 0.1) is 0 Å². The highest BCUT2D eigenvalue weighted by Crippen LogP contribution is 2.20. The van der Waals surface area contributed by atoms with Crippen molar-refractivity contribution in [3.8, 4) is 5.75 Å². The molecule has 0 fully saturated rings. The number of ketones is 1. The predicted octanol–water partition coefficient (Wildman–Crippen LogP) is 2.21. The summed E-state index contributed by atoms with van der Waals surface area (Å²) in [6, 6.07) is 13.1. The van der Waals surface area contributed by atoms with Gasteiger partial charge in [0.2, 0.25) is 0 Å². The second-order valence-electron chi connectivity index (χ2n) is 3.47. The molecule has 0 spiro atoms. The molecule has 0 aliphatic carbocycles. The average molecular weight is 213 g/mol. The normalized spacial score (nSPS) is 10.0. The number of benzene rings is 2. The van der Waals surface area contributed by atoms with Gasteiger partial charge in [0.1, 0.15) is 5.75 Å². The number of rotatable bonds is 2. The first kappa shape index (κ1) is 10.2. The van der Waals surface area contributed by atoms with Crippen LogP contribution >= 0.6 is 0 Å².